The highest BCUT2D eigenvalue weighted by Gasteiger charge is 2.24. The van der Waals surface area contributed by atoms with Crippen molar-refractivity contribution < 1.29 is 0 Å². The molecule has 56 valence electrons. The van der Waals surface area contributed by atoms with Crippen molar-refractivity contribution in [3.05, 3.63) is 0 Å². The van der Waals surface area contributed by atoms with E-state index in [-0.39, 0.29) is 0 Å². The Morgan fingerprint density at radius 2 is 1.78 bits per heavy atom. The lowest BCUT2D eigenvalue weighted by molar-refractivity contribution is 0.690. The van der Waals surface area contributed by atoms with E-state index in [4.69, 9.17) is 11.8 Å². The SMILES string of the molecule is CCN(Cl)[Si](C)(C)CC. The molecule has 0 rings (SSSR count). The van der Waals surface area contributed by atoms with Crippen LogP contribution in [0.25, 0.3) is 0 Å². The molecule has 0 saturated carbocycles. The minimum atomic E-state index is -1.18. The normalized spacial score (nSPS) is 12.7. The molecule has 0 radical (unpaired) electrons. The first-order valence-electron chi connectivity index (χ1n) is 3.48. The molecule has 0 fully saturated rings. The first-order chi connectivity index (χ1) is 4.04. The van der Waals surface area contributed by atoms with Gasteiger partial charge >= 0.3 is 0 Å². The van der Waals surface area contributed by atoms with Crippen LogP contribution in [0.5, 0.6) is 0 Å². The molecule has 0 amide bonds. The summed E-state index contributed by atoms with van der Waals surface area (Å²) in [4.78, 5) is 0. The van der Waals surface area contributed by atoms with Crippen LogP contribution in [0.3, 0.4) is 0 Å². The molecule has 0 saturated heterocycles. The molecule has 0 aliphatic heterocycles. The zero-order valence-electron chi connectivity index (χ0n) is 6.74. The van der Waals surface area contributed by atoms with Crippen LogP contribution >= 0.6 is 11.8 Å². The van der Waals surface area contributed by atoms with Crippen molar-refractivity contribution >= 4 is 20.0 Å². The smallest absolute Gasteiger partial charge is 0.140 e. The Morgan fingerprint density at radius 3 is 1.89 bits per heavy atom. The van der Waals surface area contributed by atoms with Gasteiger partial charge in [-0.2, -0.15) is 0 Å². The van der Waals surface area contributed by atoms with Crippen LogP contribution in [0.15, 0.2) is 0 Å². The molecule has 0 aromatic carbocycles. The van der Waals surface area contributed by atoms with Crippen LogP contribution in [0.4, 0.5) is 0 Å². The predicted molar refractivity (Wildman–Crippen MR) is 46.2 cm³/mol. The summed E-state index contributed by atoms with van der Waals surface area (Å²) in [5.41, 5.74) is 0. The molecule has 0 aromatic heterocycles. The highest BCUT2D eigenvalue weighted by molar-refractivity contribution is 6.78. The highest BCUT2D eigenvalue weighted by Crippen LogP contribution is 2.16. The molecule has 0 aliphatic carbocycles. The largest absolute Gasteiger partial charge is 0.243 e. The average molecular weight is 166 g/mol. The van der Waals surface area contributed by atoms with Gasteiger partial charge in [-0.15, -0.1) is 0 Å². The zero-order chi connectivity index (χ0) is 7.49. The van der Waals surface area contributed by atoms with Gasteiger partial charge in [0.15, 0.2) is 0 Å². The van der Waals surface area contributed by atoms with Crippen molar-refractivity contribution in [3.63, 3.8) is 0 Å². The third-order valence-electron chi connectivity index (χ3n) is 1.80. The maximum atomic E-state index is 5.95. The fourth-order valence-corrected chi connectivity index (χ4v) is 2.16. The van der Waals surface area contributed by atoms with Crippen molar-refractivity contribution in [1.82, 2.24) is 4.08 Å². The predicted octanol–water partition coefficient (Wildman–Crippen LogP) is 2.69. The minimum Gasteiger partial charge on any atom is -0.243 e. The van der Waals surface area contributed by atoms with E-state index in [0.717, 1.165) is 6.54 Å². The lowest BCUT2D eigenvalue weighted by atomic mass is 10.8. The number of hydrogen-bond donors (Lipinski definition) is 0. The van der Waals surface area contributed by atoms with Gasteiger partial charge in [0.05, 0.1) is 0 Å². The quantitative estimate of drug-likeness (QED) is 0.459. The first-order valence-corrected chi connectivity index (χ1v) is 6.97. The fraction of sp³-hybridized carbons (Fsp3) is 1.00. The van der Waals surface area contributed by atoms with Crippen LogP contribution in [0, 0.1) is 0 Å². The second-order valence-electron chi connectivity index (χ2n) is 2.84. The van der Waals surface area contributed by atoms with Gasteiger partial charge in [0.1, 0.15) is 8.24 Å². The highest BCUT2D eigenvalue weighted by atomic mass is 35.5. The number of halogens is 1. The van der Waals surface area contributed by atoms with Gasteiger partial charge in [-0.05, 0) is 17.8 Å². The lowest BCUT2D eigenvalue weighted by Crippen LogP contribution is -2.41. The van der Waals surface area contributed by atoms with Crippen LogP contribution in [0.2, 0.25) is 19.1 Å². The third-order valence-corrected chi connectivity index (χ3v) is 6.77. The van der Waals surface area contributed by atoms with E-state index in [9.17, 15) is 0 Å². The molecule has 0 bridgehead atoms. The molecule has 0 heterocycles. The van der Waals surface area contributed by atoms with Crippen molar-refractivity contribution in [2.24, 2.45) is 0 Å². The number of nitrogens with zero attached hydrogens (tertiary/aromatic N) is 1. The maximum Gasteiger partial charge on any atom is 0.140 e. The second kappa shape index (κ2) is 3.59. The lowest BCUT2D eigenvalue weighted by Gasteiger charge is -2.28. The summed E-state index contributed by atoms with van der Waals surface area (Å²) in [5.74, 6) is 0. The zero-order valence-corrected chi connectivity index (χ0v) is 8.50. The van der Waals surface area contributed by atoms with E-state index in [1.54, 1.807) is 0 Å². The van der Waals surface area contributed by atoms with E-state index in [0.29, 0.717) is 0 Å². The van der Waals surface area contributed by atoms with Gasteiger partial charge in [-0.25, -0.2) is 4.08 Å². The molecule has 0 unspecified atom stereocenters. The topological polar surface area (TPSA) is 3.24 Å². The van der Waals surface area contributed by atoms with Crippen molar-refractivity contribution in [1.29, 1.82) is 0 Å². The van der Waals surface area contributed by atoms with Gasteiger partial charge in [0, 0.05) is 6.54 Å². The Bertz CT molecular complexity index is 85.1. The number of rotatable bonds is 3. The summed E-state index contributed by atoms with van der Waals surface area (Å²) in [6.07, 6.45) is 0. The Balaban J connectivity index is 3.80. The fourth-order valence-electron chi connectivity index (χ4n) is 0.600. The molecular weight excluding hydrogens is 150 g/mol. The van der Waals surface area contributed by atoms with E-state index in [1.165, 1.54) is 6.04 Å². The van der Waals surface area contributed by atoms with E-state index >= 15 is 0 Å². The van der Waals surface area contributed by atoms with Crippen molar-refractivity contribution in [2.45, 2.75) is 33.0 Å². The summed E-state index contributed by atoms with van der Waals surface area (Å²) >= 11 is 5.95. The van der Waals surface area contributed by atoms with Gasteiger partial charge in [-0.3, -0.25) is 0 Å². The summed E-state index contributed by atoms with van der Waals surface area (Å²) in [6, 6.07) is 1.23. The molecule has 9 heavy (non-hydrogen) atoms. The van der Waals surface area contributed by atoms with Crippen LogP contribution in [0.1, 0.15) is 13.8 Å². The first kappa shape index (κ1) is 9.47. The van der Waals surface area contributed by atoms with E-state index in [2.05, 4.69) is 26.9 Å². The minimum absolute atomic E-state index is 0.967. The van der Waals surface area contributed by atoms with Gasteiger partial charge < -0.3 is 0 Å². The van der Waals surface area contributed by atoms with Gasteiger partial charge in [-0.1, -0.05) is 26.9 Å². The van der Waals surface area contributed by atoms with Crippen molar-refractivity contribution in [2.75, 3.05) is 6.54 Å². The monoisotopic (exact) mass is 165 g/mol. The second-order valence-corrected chi connectivity index (χ2v) is 8.41. The summed E-state index contributed by atoms with van der Waals surface area (Å²) in [5, 5.41) is 0. The van der Waals surface area contributed by atoms with Gasteiger partial charge in [0.25, 0.3) is 0 Å². The maximum absolute atomic E-state index is 5.95. The average Bonchev–Trinajstić information content (AvgIpc) is 1.86. The molecular formula is C6H16ClNSi. The molecule has 0 aromatic rings. The molecule has 0 spiro atoms. The Morgan fingerprint density at radius 1 is 1.33 bits per heavy atom. The van der Waals surface area contributed by atoms with Crippen LogP contribution in [-0.2, 0) is 0 Å². The molecule has 1 nitrogen and oxygen atoms in total. The Hall–Kier alpha value is 0.467. The van der Waals surface area contributed by atoms with Crippen molar-refractivity contribution in [3.8, 4) is 0 Å². The van der Waals surface area contributed by atoms with E-state index < -0.39 is 8.24 Å². The summed E-state index contributed by atoms with van der Waals surface area (Å²) in [6.45, 7) is 9.83. The standard InChI is InChI=1S/C6H16ClNSi/c1-5-8(7)9(3,4)6-2/h5-6H2,1-4H3. The number of hydrogen-bond acceptors (Lipinski definition) is 1. The third kappa shape index (κ3) is 2.69. The summed E-state index contributed by atoms with van der Waals surface area (Å²) < 4.78 is 1.98. The van der Waals surface area contributed by atoms with E-state index in [1.807, 2.05) is 4.08 Å². The molecule has 3 heteroatoms. The molecule has 0 aliphatic rings. The van der Waals surface area contributed by atoms with Crippen LogP contribution in [-0.4, -0.2) is 18.9 Å². The molecule has 0 N–H and O–H groups in total. The summed E-state index contributed by atoms with van der Waals surface area (Å²) in [7, 11) is -1.18. The Kier molecular flexibility index (Phi) is 3.78. The van der Waals surface area contributed by atoms with Crippen LogP contribution < -0.4 is 0 Å². The Labute approximate surface area is 64.2 Å². The molecule has 0 atom stereocenters. The van der Waals surface area contributed by atoms with Gasteiger partial charge in [0.2, 0.25) is 0 Å².